The summed E-state index contributed by atoms with van der Waals surface area (Å²) in [6.45, 7) is 0.554. The Morgan fingerprint density at radius 3 is 2.54 bits per heavy atom. The molecule has 0 atom stereocenters. The largest absolute Gasteiger partial charge is 0.492 e. The first kappa shape index (κ1) is 17.6. The molecular formula is C22H18N2O4. The summed E-state index contributed by atoms with van der Waals surface area (Å²) in [4.78, 5) is 26.1. The van der Waals surface area contributed by atoms with Crippen molar-refractivity contribution in [2.45, 2.75) is 0 Å². The summed E-state index contributed by atoms with van der Waals surface area (Å²) >= 11 is 0. The van der Waals surface area contributed by atoms with E-state index in [0.717, 1.165) is 0 Å². The van der Waals surface area contributed by atoms with Gasteiger partial charge in [0.05, 0.1) is 17.8 Å². The van der Waals surface area contributed by atoms with Crippen LogP contribution in [0.2, 0.25) is 0 Å². The number of carbonyl (C=O) groups excluding carboxylic acids is 2. The average Bonchev–Trinajstić information content (AvgIpc) is 2.83. The molecular weight excluding hydrogens is 356 g/mol. The summed E-state index contributed by atoms with van der Waals surface area (Å²) in [7, 11) is 0. The van der Waals surface area contributed by atoms with Gasteiger partial charge in [0, 0.05) is 5.56 Å². The molecule has 0 saturated carbocycles. The van der Waals surface area contributed by atoms with Gasteiger partial charge in [0.25, 0.3) is 5.91 Å². The molecule has 1 aliphatic heterocycles. The van der Waals surface area contributed by atoms with Crippen molar-refractivity contribution < 1.29 is 19.1 Å². The van der Waals surface area contributed by atoms with Gasteiger partial charge in [-0.05, 0) is 42.5 Å². The zero-order chi connectivity index (χ0) is 19.5. The topological polar surface area (TPSA) is 81.9 Å². The number of nitrogens with zero attached hydrogens (tertiary/aromatic N) is 1. The summed E-state index contributed by atoms with van der Waals surface area (Å²) in [5.74, 6) is 0.975. The minimum Gasteiger partial charge on any atom is -0.492 e. The zero-order valence-electron chi connectivity index (χ0n) is 15.0. The Morgan fingerprint density at radius 1 is 0.964 bits per heavy atom. The number of para-hydroxylation sites is 3. The van der Waals surface area contributed by atoms with Crippen LogP contribution in [0.3, 0.4) is 0 Å². The highest BCUT2D eigenvalue weighted by Crippen LogP contribution is 2.38. The third-order valence-electron chi connectivity index (χ3n) is 4.44. The fraction of sp³-hybridized carbons (Fsp3) is 0.0909. The molecule has 2 amide bonds. The second-order valence-electron chi connectivity index (χ2n) is 6.26. The van der Waals surface area contributed by atoms with Gasteiger partial charge < -0.3 is 20.1 Å². The molecule has 3 aromatic rings. The molecule has 0 spiro atoms. The Balaban J connectivity index is 1.57. The number of fused-ring (bicyclic) bond motifs is 2. The number of hydrogen-bond donors (Lipinski definition) is 1. The summed E-state index contributed by atoms with van der Waals surface area (Å²) in [6.07, 6.45) is 0. The number of carbonyl (C=O) groups is 2. The fourth-order valence-corrected chi connectivity index (χ4v) is 3.09. The average molecular weight is 374 g/mol. The number of primary amides is 1. The molecule has 0 bridgehead atoms. The summed E-state index contributed by atoms with van der Waals surface area (Å²) < 4.78 is 11.7. The molecule has 6 nitrogen and oxygen atoms in total. The number of amides is 2. The molecule has 3 aromatic carbocycles. The molecule has 0 fully saturated rings. The highest BCUT2D eigenvalue weighted by Gasteiger charge is 2.27. The van der Waals surface area contributed by atoms with Crippen molar-refractivity contribution in [2.24, 2.45) is 5.73 Å². The number of ether oxygens (including phenoxy) is 2. The van der Waals surface area contributed by atoms with Gasteiger partial charge in [0.15, 0.2) is 5.75 Å². The second kappa shape index (κ2) is 7.44. The molecule has 140 valence electrons. The van der Waals surface area contributed by atoms with Gasteiger partial charge in [-0.2, -0.15) is 0 Å². The predicted octanol–water partition coefficient (Wildman–Crippen LogP) is 3.62. The lowest BCUT2D eigenvalue weighted by atomic mass is 10.1. The third kappa shape index (κ3) is 3.40. The van der Waals surface area contributed by atoms with E-state index in [4.69, 9.17) is 15.2 Å². The monoisotopic (exact) mass is 374 g/mol. The first-order valence-electron chi connectivity index (χ1n) is 8.84. The SMILES string of the molecule is NC(=O)c1cccc(OCCN2C(=O)c3ccccc3Oc3ccccc32)c1. The Bertz CT molecular complexity index is 1050. The molecule has 0 aliphatic carbocycles. The molecule has 1 aliphatic rings. The van der Waals surface area contributed by atoms with Crippen LogP contribution >= 0.6 is 0 Å². The second-order valence-corrected chi connectivity index (χ2v) is 6.26. The summed E-state index contributed by atoms with van der Waals surface area (Å²) in [5.41, 5.74) is 6.85. The van der Waals surface area contributed by atoms with Gasteiger partial charge in [0.1, 0.15) is 18.1 Å². The molecule has 0 aromatic heterocycles. The quantitative estimate of drug-likeness (QED) is 0.740. The van der Waals surface area contributed by atoms with E-state index in [-0.39, 0.29) is 12.5 Å². The highest BCUT2D eigenvalue weighted by molar-refractivity contribution is 6.09. The standard InChI is InChI=1S/C22H18N2O4/c23-21(25)15-6-5-7-16(14-15)27-13-12-24-18-9-2-4-11-20(18)28-19-10-3-1-8-17(19)22(24)26/h1-11,14H,12-13H2,(H2,23,25). The molecule has 0 radical (unpaired) electrons. The van der Waals surface area contributed by atoms with E-state index in [2.05, 4.69) is 0 Å². The van der Waals surface area contributed by atoms with Crippen molar-refractivity contribution in [3.63, 3.8) is 0 Å². The lowest BCUT2D eigenvalue weighted by Crippen LogP contribution is -2.34. The Hall–Kier alpha value is -3.80. The van der Waals surface area contributed by atoms with Crippen LogP contribution in [0.4, 0.5) is 5.69 Å². The first-order valence-corrected chi connectivity index (χ1v) is 8.84. The van der Waals surface area contributed by atoms with E-state index < -0.39 is 5.91 Å². The molecule has 0 unspecified atom stereocenters. The van der Waals surface area contributed by atoms with E-state index in [1.165, 1.54) is 0 Å². The first-order chi connectivity index (χ1) is 13.6. The predicted molar refractivity (Wildman–Crippen MR) is 105 cm³/mol. The van der Waals surface area contributed by atoms with Crippen molar-refractivity contribution in [3.8, 4) is 17.2 Å². The molecule has 0 saturated heterocycles. The number of nitrogens with two attached hydrogens (primary N) is 1. The maximum atomic E-state index is 13.1. The van der Waals surface area contributed by atoms with Crippen molar-refractivity contribution in [2.75, 3.05) is 18.1 Å². The van der Waals surface area contributed by atoms with Crippen molar-refractivity contribution in [1.82, 2.24) is 0 Å². The van der Waals surface area contributed by atoms with E-state index in [1.54, 1.807) is 47.4 Å². The van der Waals surface area contributed by atoms with Gasteiger partial charge >= 0.3 is 0 Å². The van der Waals surface area contributed by atoms with E-state index in [9.17, 15) is 9.59 Å². The van der Waals surface area contributed by atoms with Crippen LogP contribution in [-0.4, -0.2) is 25.0 Å². The summed E-state index contributed by atoms with van der Waals surface area (Å²) in [5, 5.41) is 0. The van der Waals surface area contributed by atoms with Crippen molar-refractivity contribution in [3.05, 3.63) is 83.9 Å². The molecule has 2 N–H and O–H groups in total. The van der Waals surface area contributed by atoms with Crippen LogP contribution in [-0.2, 0) is 0 Å². The number of rotatable bonds is 5. The molecule has 6 heteroatoms. The maximum absolute atomic E-state index is 13.1. The van der Waals surface area contributed by atoms with Gasteiger partial charge in [-0.3, -0.25) is 9.59 Å². The molecule has 1 heterocycles. The number of benzene rings is 3. The third-order valence-corrected chi connectivity index (χ3v) is 4.44. The Labute approximate surface area is 162 Å². The van der Waals surface area contributed by atoms with Crippen LogP contribution < -0.4 is 20.1 Å². The normalized spacial score (nSPS) is 12.4. The van der Waals surface area contributed by atoms with E-state index in [0.29, 0.717) is 40.6 Å². The van der Waals surface area contributed by atoms with E-state index >= 15 is 0 Å². The van der Waals surface area contributed by atoms with Crippen LogP contribution in [0.15, 0.2) is 72.8 Å². The van der Waals surface area contributed by atoms with E-state index in [1.807, 2.05) is 30.3 Å². The zero-order valence-corrected chi connectivity index (χ0v) is 15.0. The minimum absolute atomic E-state index is 0.157. The van der Waals surface area contributed by atoms with Crippen molar-refractivity contribution in [1.29, 1.82) is 0 Å². The number of anilines is 1. The maximum Gasteiger partial charge on any atom is 0.262 e. The molecule has 4 rings (SSSR count). The lowest BCUT2D eigenvalue weighted by molar-refractivity contribution is 0.0980. The minimum atomic E-state index is -0.518. The van der Waals surface area contributed by atoms with Gasteiger partial charge in [0.2, 0.25) is 5.91 Å². The van der Waals surface area contributed by atoms with Crippen LogP contribution in [0.1, 0.15) is 20.7 Å². The summed E-state index contributed by atoms with van der Waals surface area (Å²) in [6, 6.07) is 21.2. The fourth-order valence-electron chi connectivity index (χ4n) is 3.09. The van der Waals surface area contributed by atoms with Crippen molar-refractivity contribution >= 4 is 17.5 Å². The highest BCUT2D eigenvalue weighted by atomic mass is 16.5. The molecule has 28 heavy (non-hydrogen) atoms. The van der Waals surface area contributed by atoms with Gasteiger partial charge in [-0.25, -0.2) is 0 Å². The van der Waals surface area contributed by atoms with Gasteiger partial charge in [-0.1, -0.05) is 30.3 Å². The van der Waals surface area contributed by atoms with Crippen LogP contribution in [0.5, 0.6) is 17.2 Å². The lowest BCUT2D eigenvalue weighted by Gasteiger charge is -2.22. The number of hydrogen-bond acceptors (Lipinski definition) is 4. The van der Waals surface area contributed by atoms with Gasteiger partial charge in [-0.15, -0.1) is 0 Å². The smallest absolute Gasteiger partial charge is 0.262 e. The Kier molecular flexibility index (Phi) is 4.68. The van der Waals surface area contributed by atoms with Crippen LogP contribution in [0.25, 0.3) is 0 Å². The van der Waals surface area contributed by atoms with Crippen LogP contribution in [0, 0.1) is 0 Å². The Morgan fingerprint density at radius 2 is 1.71 bits per heavy atom.